The molecule has 0 spiro atoms. The lowest BCUT2D eigenvalue weighted by Gasteiger charge is -2.22. The Bertz CT molecular complexity index is 1130. The second kappa shape index (κ2) is 7.84. The van der Waals surface area contributed by atoms with Gasteiger partial charge in [0.25, 0.3) is 0 Å². The van der Waals surface area contributed by atoms with Crippen molar-refractivity contribution in [1.29, 1.82) is 0 Å². The van der Waals surface area contributed by atoms with Crippen molar-refractivity contribution in [2.24, 2.45) is 5.10 Å². The smallest absolute Gasteiger partial charge is 0.242 e. The standard InChI is InChI=1S/C23H22ClN3O2/c1-4-22(28)27-21(13-20(26-27)15-7-5-6-14(2)10-15)18-11-16-8-9-17(29-3)12-19(16)25-23(18)24/h5-12,21H,4,13H2,1-3H3/t21-/m1/s1. The monoisotopic (exact) mass is 407 g/mol. The molecule has 2 heterocycles. The van der Waals surface area contributed by atoms with Gasteiger partial charge in [-0.25, -0.2) is 9.99 Å². The number of amides is 1. The van der Waals surface area contributed by atoms with Crippen LogP contribution in [0.1, 0.15) is 42.5 Å². The summed E-state index contributed by atoms with van der Waals surface area (Å²) < 4.78 is 5.27. The molecule has 0 saturated carbocycles. The first-order chi connectivity index (χ1) is 14.0. The van der Waals surface area contributed by atoms with Crippen LogP contribution in [0, 0.1) is 6.92 Å². The zero-order chi connectivity index (χ0) is 20.5. The molecule has 5 nitrogen and oxygen atoms in total. The van der Waals surface area contributed by atoms with E-state index >= 15 is 0 Å². The van der Waals surface area contributed by atoms with Gasteiger partial charge in [0.15, 0.2) is 0 Å². The van der Waals surface area contributed by atoms with E-state index in [1.165, 1.54) is 0 Å². The number of rotatable bonds is 4. The Morgan fingerprint density at radius 3 is 2.79 bits per heavy atom. The highest BCUT2D eigenvalue weighted by Crippen LogP contribution is 2.38. The summed E-state index contributed by atoms with van der Waals surface area (Å²) in [5.41, 5.74) is 4.62. The molecular weight excluding hydrogens is 386 g/mol. The Morgan fingerprint density at radius 1 is 1.24 bits per heavy atom. The Morgan fingerprint density at radius 2 is 2.07 bits per heavy atom. The van der Waals surface area contributed by atoms with E-state index in [2.05, 4.69) is 16.2 Å². The third kappa shape index (κ3) is 3.70. The number of hydrogen-bond donors (Lipinski definition) is 0. The summed E-state index contributed by atoms with van der Waals surface area (Å²) in [7, 11) is 1.62. The molecule has 1 aliphatic rings. The van der Waals surface area contributed by atoms with E-state index in [1.807, 2.05) is 56.3 Å². The van der Waals surface area contributed by atoms with Crippen LogP contribution in [0.25, 0.3) is 10.9 Å². The zero-order valence-corrected chi connectivity index (χ0v) is 17.4. The Balaban J connectivity index is 1.76. The number of ether oxygens (including phenoxy) is 1. The highest BCUT2D eigenvalue weighted by atomic mass is 35.5. The minimum absolute atomic E-state index is 0.0384. The number of carbonyl (C=O) groups excluding carboxylic acids is 1. The van der Waals surface area contributed by atoms with Gasteiger partial charge in [-0.1, -0.05) is 48.4 Å². The van der Waals surface area contributed by atoms with Gasteiger partial charge in [-0.3, -0.25) is 4.79 Å². The van der Waals surface area contributed by atoms with Crippen LogP contribution < -0.4 is 4.74 Å². The van der Waals surface area contributed by atoms with E-state index in [9.17, 15) is 4.79 Å². The maximum absolute atomic E-state index is 12.6. The summed E-state index contributed by atoms with van der Waals surface area (Å²) in [6.45, 7) is 3.88. The van der Waals surface area contributed by atoms with Crippen molar-refractivity contribution < 1.29 is 9.53 Å². The molecule has 0 radical (unpaired) electrons. The molecule has 3 aromatic rings. The van der Waals surface area contributed by atoms with Crippen LogP contribution in [0.3, 0.4) is 0 Å². The molecule has 1 aliphatic heterocycles. The molecule has 0 bridgehead atoms. The normalized spacial score (nSPS) is 16.2. The summed E-state index contributed by atoms with van der Waals surface area (Å²) in [6.07, 6.45) is 0.967. The van der Waals surface area contributed by atoms with Gasteiger partial charge in [0.2, 0.25) is 5.91 Å². The van der Waals surface area contributed by atoms with Gasteiger partial charge in [0.1, 0.15) is 10.9 Å². The largest absolute Gasteiger partial charge is 0.497 e. The minimum Gasteiger partial charge on any atom is -0.497 e. The van der Waals surface area contributed by atoms with Crippen LogP contribution in [0.4, 0.5) is 0 Å². The molecular formula is C23H22ClN3O2. The van der Waals surface area contributed by atoms with Gasteiger partial charge in [0, 0.05) is 29.9 Å². The summed E-state index contributed by atoms with van der Waals surface area (Å²) in [5, 5.41) is 7.56. The second-order valence-corrected chi connectivity index (χ2v) is 7.51. The number of hydrogen-bond acceptors (Lipinski definition) is 4. The van der Waals surface area contributed by atoms with Crippen LogP contribution in [-0.4, -0.2) is 28.7 Å². The first kappa shape index (κ1) is 19.4. The molecule has 2 aromatic carbocycles. The fraction of sp³-hybridized carbons (Fsp3) is 0.261. The third-order valence-electron chi connectivity index (χ3n) is 5.18. The summed E-state index contributed by atoms with van der Waals surface area (Å²) in [4.78, 5) is 17.2. The first-order valence-corrected chi connectivity index (χ1v) is 9.98. The Hall–Kier alpha value is -2.92. The van der Waals surface area contributed by atoms with Crippen molar-refractivity contribution in [2.45, 2.75) is 32.7 Å². The quantitative estimate of drug-likeness (QED) is 0.552. The second-order valence-electron chi connectivity index (χ2n) is 7.15. The van der Waals surface area contributed by atoms with E-state index < -0.39 is 0 Å². The van der Waals surface area contributed by atoms with Gasteiger partial charge < -0.3 is 4.74 Å². The maximum Gasteiger partial charge on any atom is 0.242 e. The number of hydrazone groups is 1. The fourth-order valence-corrected chi connectivity index (χ4v) is 3.92. The van der Waals surface area contributed by atoms with Crippen molar-refractivity contribution in [2.75, 3.05) is 7.11 Å². The molecule has 0 aliphatic carbocycles. The van der Waals surface area contributed by atoms with E-state index in [0.717, 1.165) is 39.1 Å². The highest BCUT2D eigenvalue weighted by molar-refractivity contribution is 6.30. The van der Waals surface area contributed by atoms with Gasteiger partial charge in [-0.15, -0.1) is 0 Å². The van der Waals surface area contributed by atoms with E-state index in [1.54, 1.807) is 12.1 Å². The number of pyridine rings is 1. The molecule has 6 heteroatoms. The predicted molar refractivity (Wildman–Crippen MR) is 116 cm³/mol. The average molecular weight is 408 g/mol. The van der Waals surface area contributed by atoms with Gasteiger partial charge >= 0.3 is 0 Å². The topological polar surface area (TPSA) is 54.8 Å². The number of carbonyl (C=O) groups is 1. The molecule has 148 valence electrons. The molecule has 0 unspecified atom stereocenters. The molecule has 1 atom stereocenters. The highest BCUT2D eigenvalue weighted by Gasteiger charge is 2.34. The van der Waals surface area contributed by atoms with Crippen molar-refractivity contribution in [3.05, 3.63) is 70.4 Å². The van der Waals surface area contributed by atoms with E-state index in [4.69, 9.17) is 16.3 Å². The molecule has 0 fully saturated rings. The Labute approximate surface area is 175 Å². The van der Waals surface area contributed by atoms with Crippen molar-refractivity contribution in [3.63, 3.8) is 0 Å². The van der Waals surface area contributed by atoms with Crippen LogP contribution in [-0.2, 0) is 4.79 Å². The average Bonchev–Trinajstić information content (AvgIpc) is 3.17. The SMILES string of the molecule is CCC(=O)N1N=C(c2cccc(C)c2)C[C@@H]1c1cc2ccc(OC)cc2nc1Cl. The zero-order valence-electron chi connectivity index (χ0n) is 16.6. The Kier molecular flexibility index (Phi) is 5.24. The molecule has 0 N–H and O–H groups in total. The van der Waals surface area contributed by atoms with Crippen LogP contribution >= 0.6 is 11.6 Å². The van der Waals surface area contributed by atoms with Gasteiger partial charge in [0.05, 0.1) is 24.4 Å². The van der Waals surface area contributed by atoms with Crippen molar-refractivity contribution in [3.8, 4) is 5.75 Å². The molecule has 1 amide bonds. The molecule has 0 saturated heterocycles. The maximum atomic E-state index is 12.6. The lowest BCUT2D eigenvalue weighted by atomic mass is 9.97. The number of benzene rings is 2. The number of halogens is 1. The minimum atomic E-state index is -0.274. The van der Waals surface area contributed by atoms with Gasteiger partial charge in [-0.2, -0.15) is 5.10 Å². The summed E-state index contributed by atoms with van der Waals surface area (Å²) in [5.74, 6) is 0.686. The fourth-order valence-electron chi connectivity index (χ4n) is 3.64. The van der Waals surface area contributed by atoms with Crippen LogP contribution in [0.15, 0.2) is 53.6 Å². The predicted octanol–water partition coefficient (Wildman–Crippen LogP) is 5.29. The number of aryl methyl sites for hydroxylation is 1. The van der Waals surface area contributed by atoms with E-state index in [-0.39, 0.29) is 11.9 Å². The molecule has 4 rings (SSSR count). The first-order valence-electron chi connectivity index (χ1n) is 9.61. The number of fused-ring (bicyclic) bond motifs is 1. The van der Waals surface area contributed by atoms with Crippen molar-refractivity contribution >= 4 is 34.1 Å². The number of aromatic nitrogens is 1. The van der Waals surface area contributed by atoms with Crippen molar-refractivity contribution in [1.82, 2.24) is 9.99 Å². The molecule has 1 aromatic heterocycles. The lowest BCUT2D eigenvalue weighted by Crippen LogP contribution is -2.26. The van der Waals surface area contributed by atoms with Gasteiger partial charge in [-0.05, 0) is 30.7 Å². The third-order valence-corrected chi connectivity index (χ3v) is 5.49. The molecule has 29 heavy (non-hydrogen) atoms. The van der Waals surface area contributed by atoms with E-state index in [0.29, 0.717) is 18.0 Å². The summed E-state index contributed by atoms with van der Waals surface area (Å²) in [6, 6.07) is 15.6. The van der Waals surface area contributed by atoms with Crippen LogP contribution in [0.5, 0.6) is 5.75 Å². The number of nitrogens with zero attached hydrogens (tertiary/aromatic N) is 3. The summed E-state index contributed by atoms with van der Waals surface area (Å²) >= 11 is 6.57. The number of methoxy groups -OCH3 is 1. The lowest BCUT2D eigenvalue weighted by molar-refractivity contribution is -0.132. The van der Waals surface area contributed by atoms with Crippen LogP contribution in [0.2, 0.25) is 5.15 Å².